The largest absolute Gasteiger partial charge is 0.469 e. The predicted octanol–water partition coefficient (Wildman–Crippen LogP) is 1.68. The molecule has 0 saturated carbocycles. The maximum absolute atomic E-state index is 11.7. The molecule has 0 aliphatic rings. The summed E-state index contributed by atoms with van der Waals surface area (Å²) in [4.78, 5) is 15.6. The van der Waals surface area contributed by atoms with E-state index in [2.05, 4.69) is 4.98 Å². The molecule has 0 radical (unpaired) electrons. The average Bonchev–Trinajstić information content (AvgIpc) is 2.70. The molecule has 0 unspecified atom stereocenters. The number of hydrogen-bond donors (Lipinski definition) is 1. The molecule has 2 aromatic rings. The Morgan fingerprint density at radius 2 is 2.20 bits per heavy atom. The van der Waals surface area contributed by atoms with Crippen LogP contribution in [0, 0.1) is 0 Å². The van der Waals surface area contributed by atoms with E-state index in [4.69, 9.17) is 10.2 Å². The summed E-state index contributed by atoms with van der Waals surface area (Å²) in [5, 5.41) is 0. The molecule has 2 heterocycles. The quantitative estimate of drug-likeness (QED) is 0.769. The summed E-state index contributed by atoms with van der Waals surface area (Å²) in [5.41, 5.74) is 5.85. The number of ketones is 1. The second kappa shape index (κ2) is 3.96. The van der Waals surface area contributed by atoms with Gasteiger partial charge in [0.15, 0.2) is 5.78 Å². The molecule has 0 spiro atoms. The highest BCUT2D eigenvalue weighted by atomic mass is 16.3. The van der Waals surface area contributed by atoms with Crippen LogP contribution in [0.15, 0.2) is 41.0 Å². The third-order valence-electron chi connectivity index (χ3n) is 1.97. The molecule has 76 valence electrons. The van der Waals surface area contributed by atoms with Crippen LogP contribution in [0.5, 0.6) is 0 Å². The minimum absolute atomic E-state index is 0.0998. The van der Waals surface area contributed by atoms with Gasteiger partial charge < -0.3 is 10.2 Å². The zero-order chi connectivity index (χ0) is 10.7. The highest BCUT2D eigenvalue weighted by Crippen LogP contribution is 2.07. The van der Waals surface area contributed by atoms with E-state index in [1.807, 2.05) is 0 Å². The standard InChI is InChI=1S/C11H10N2O2/c12-11-5-1-4-9(13-11)10(14)7-8-3-2-6-15-8/h1-6H,7H2,(H2,12,13). The Bertz CT molecular complexity index is 463. The lowest BCUT2D eigenvalue weighted by atomic mass is 10.1. The van der Waals surface area contributed by atoms with Crippen LogP contribution in [-0.2, 0) is 6.42 Å². The number of nitrogens with zero attached hydrogens (tertiary/aromatic N) is 1. The molecule has 0 aromatic carbocycles. The van der Waals surface area contributed by atoms with Crippen LogP contribution >= 0.6 is 0 Å². The van der Waals surface area contributed by atoms with Crippen molar-refractivity contribution in [1.82, 2.24) is 4.98 Å². The summed E-state index contributed by atoms with van der Waals surface area (Å²) >= 11 is 0. The minimum Gasteiger partial charge on any atom is -0.469 e. The predicted molar refractivity (Wildman–Crippen MR) is 55.4 cm³/mol. The van der Waals surface area contributed by atoms with Crippen molar-refractivity contribution in [3.63, 3.8) is 0 Å². The Kier molecular flexibility index (Phi) is 2.49. The number of rotatable bonds is 3. The molecular formula is C11H10N2O2. The molecule has 0 saturated heterocycles. The second-order valence-electron chi connectivity index (χ2n) is 3.13. The van der Waals surface area contributed by atoms with Gasteiger partial charge in [0.2, 0.25) is 0 Å². The lowest BCUT2D eigenvalue weighted by Gasteiger charge is -1.98. The van der Waals surface area contributed by atoms with Gasteiger partial charge in [-0.2, -0.15) is 0 Å². The van der Waals surface area contributed by atoms with Crippen molar-refractivity contribution in [2.75, 3.05) is 5.73 Å². The first-order valence-electron chi connectivity index (χ1n) is 4.54. The highest BCUT2D eigenvalue weighted by Gasteiger charge is 2.10. The molecule has 15 heavy (non-hydrogen) atoms. The van der Waals surface area contributed by atoms with Gasteiger partial charge in [0.25, 0.3) is 0 Å². The summed E-state index contributed by atoms with van der Waals surface area (Å²) in [6, 6.07) is 8.49. The van der Waals surface area contributed by atoms with Gasteiger partial charge in [-0.05, 0) is 24.3 Å². The molecule has 4 heteroatoms. The Morgan fingerprint density at radius 3 is 2.87 bits per heavy atom. The maximum atomic E-state index is 11.7. The Morgan fingerprint density at radius 1 is 1.33 bits per heavy atom. The van der Waals surface area contributed by atoms with Crippen molar-refractivity contribution < 1.29 is 9.21 Å². The third kappa shape index (κ3) is 2.22. The van der Waals surface area contributed by atoms with Gasteiger partial charge in [-0.3, -0.25) is 4.79 Å². The molecule has 4 nitrogen and oxygen atoms in total. The second-order valence-corrected chi connectivity index (χ2v) is 3.13. The molecule has 0 amide bonds. The van der Waals surface area contributed by atoms with Crippen molar-refractivity contribution in [2.45, 2.75) is 6.42 Å². The summed E-state index contributed by atoms with van der Waals surface area (Å²) in [6.07, 6.45) is 1.75. The molecule has 2 rings (SSSR count). The number of aromatic nitrogens is 1. The summed E-state index contributed by atoms with van der Waals surface area (Å²) < 4.78 is 5.08. The number of pyridine rings is 1. The third-order valence-corrected chi connectivity index (χ3v) is 1.97. The van der Waals surface area contributed by atoms with Gasteiger partial charge in [0, 0.05) is 0 Å². The summed E-state index contributed by atoms with van der Waals surface area (Å²) in [5.74, 6) is 0.877. The van der Waals surface area contributed by atoms with Crippen LogP contribution in [0.3, 0.4) is 0 Å². The number of anilines is 1. The highest BCUT2D eigenvalue weighted by molar-refractivity contribution is 5.95. The van der Waals surface area contributed by atoms with Crippen LogP contribution in [-0.4, -0.2) is 10.8 Å². The SMILES string of the molecule is Nc1cccc(C(=O)Cc2ccco2)n1. The fourth-order valence-corrected chi connectivity index (χ4v) is 1.27. The van der Waals surface area contributed by atoms with Crippen LogP contribution in [0.1, 0.15) is 16.2 Å². The molecule has 0 fully saturated rings. The van der Waals surface area contributed by atoms with Gasteiger partial charge in [-0.25, -0.2) is 4.98 Å². The normalized spacial score (nSPS) is 10.1. The number of carbonyl (C=O) groups is 1. The number of hydrogen-bond acceptors (Lipinski definition) is 4. The number of Topliss-reactive ketones (excluding diaryl/α,β-unsaturated/α-hetero) is 1. The van der Waals surface area contributed by atoms with E-state index in [1.54, 1.807) is 30.3 Å². The maximum Gasteiger partial charge on any atom is 0.188 e. The minimum atomic E-state index is -0.0998. The van der Waals surface area contributed by atoms with E-state index < -0.39 is 0 Å². The first kappa shape index (κ1) is 9.45. The average molecular weight is 202 g/mol. The molecule has 0 bridgehead atoms. The van der Waals surface area contributed by atoms with Gasteiger partial charge in [-0.15, -0.1) is 0 Å². The van der Waals surface area contributed by atoms with E-state index in [1.165, 1.54) is 6.26 Å². The molecule has 2 N–H and O–H groups in total. The van der Waals surface area contributed by atoms with Crippen molar-refractivity contribution in [2.24, 2.45) is 0 Å². The molecule has 0 aliphatic carbocycles. The van der Waals surface area contributed by atoms with Crippen molar-refractivity contribution >= 4 is 11.6 Å². The molecule has 2 aromatic heterocycles. The lowest BCUT2D eigenvalue weighted by molar-refractivity contribution is 0.0982. The summed E-state index contributed by atoms with van der Waals surface area (Å²) in [6.45, 7) is 0. The Labute approximate surface area is 86.7 Å². The van der Waals surface area contributed by atoms with Crippen LogP contribution in [0.4, 0.5) is 5.82 Å². The Balaban J connectivity index is 2.15. The van der Waals surface area contributed by atoms with E-state index in [0.717, 1.165) is 0 Å². The van der Waals surface area contributed by atoms with Crippen molar-refractivity contribution in [1.29, 1.82) is 0 Å². The van der Waals surface area contributed by atoms with E-state index in [0.29, 0.717) is 17.3 Å². The van der Waals surface area contributed by atoms with Gasteiger partial charge in [-0.1, -0.05) is 6.07 Å². The van der Waals surface area contributed by atoms with Crippen LogP contribution in [0.2, 0.25) is 0 Å². The van der Waals surface area contributed by atoms with Gasteiger partial charge in [0.1, 0.15) is 17.3 Å². The van der Waals surface area contributed by atoms with Gasteiger partial charge in [0.05, 0.1) is 12.7 Å². The first-order valence-corrected chi connectivity index (χ1v) is 4.54. The molecule has 0 aliphatic heterocycles. The van der Waals surface area contributed by atoms with Crippen molar-refractivity contribution in [3.8, 4) is 0 Å². The zero-order valence-corrected chi connectivity index (χ0v) is 8.01. The fraction of sp³-hybridized carbons (Fsp3) is 0.0909. The monoisotopic (exact) mass is 202 g/mol. The summed E-state index contributed by atoms with van der Waals surface area (Å²) in [7, 11) is 0. The zero-order valence-electron chi connectivity index (χ0n) is 8.01. The first-order chi connectivity index (χ1) is 7.25. The van der Waals surface area contributed by atoms with E-state index in [-0.39, 0.29) is 12.2 Å². The topological polar surface area (TPSA) is 69.1 Å². The smallest absolute Gasteiger partial charge is 0.188 e. The van der Waals surface area contributed by atoms with Crippen LogP contribution < -0.4 is 5.73 Å². The fourth-order valence-electron chi connectivity index (χ4n) is 1.27. The van der Waals surface area contributed by atoms with Crippen LogP contribution in [0.25, 0.3) is 0 Å². The number of carbonyl (C=O) groups excluding carboxylic acids is 1. The molecule has 0 atom stereocenters. The number of furan rings is 1. The molecular weight excluding hydrogens is 192 g/mol. The Hall–Kier alpha value is -2.10. The lowest BCUT2D eigenvalue weighted by Crippen LogP contribution is -2.06. The van der Waals surface area contributed by atoms with Gasteiger partial charge >= 0.3 is 0 Å². The van der Waals surface area contributed by atoms with E-state index in [9.17, 15) is 4.79 Å². The van der Waals surface area contributed by atoms with E-state index >= 15 is 0 Å². The van der Waals surface area contributed by atoms with Crippen molar-refractivity contribution in [3.05, 3.63) is 48.0 Å². The number of nitrogens with two attached hydrogens (primary N) is 1. The number of nitrogen functional groups attached to an aromatic ring is 1.